The van der Waals surface area contributed by atoms with E-state index in [1.807, 2.05) is 27.7 Å². The Morgan fingerprint density at radius 1 is 1.41 bits per heavy atom. The van der Waals surface area contributed by atoms with E-state index in [0.29, 0.717) is 6.54 Å². The molecule has 0 aliphatic carbocycles. The van der Waals surface area contributed by atoms with E-state index in [0.717, 1.165) is 18.6 Å². The Balaban J connectivity index is 0. The van der Waals surface area contributed by atoms with Gasteiger partial charge in [-0.1, -0.05) is 34.1 Å². The predicted octanol–water partition coefficient (Wildman–Crippen LogP) is 3.03. The summed E-state index contributed by atoms with van der Waals surface area (Å²) >= 11 is 0. The van der Waals surface area contributed by atoms with Gasteiger partial charge in [0.25, 0.3) is 0 Å². The van der Waals surface area contributed by atoms with Gasteiger partial charge < -0.3 is 5.32 Å². The average molecular weight is 241 g/mol. The first-order valence-electron chi connectivity index (χ1n) is 6.40. The van der Waals surface area contributed by atoms with Crippen molar-refractivity contribution in [3.05, 3.63) is 0 Å². The molecule has 100 valence electrons. The second-order valence-corrected chi connectivity index (χ2v) is 3.62. The molecule has 17 heavy (non-hydrogen) atoms. The van der Waals surface area contributed by atoms with E-state index >= 15 is 0 Å². The van der Waals surface area contributed by atoms with Crippen LogP contribution in [-0.2, 0) is 4.79 Å². The highest BCUT2D eigenvalue weighted by atomic mass is 16.1. The van der Waals surface area contributed by atoms with Gasteiger partial charge in [0.15, 0.2) is 0 Å². The minimum atomic E-state index is 0.0810. The predicted molar refractivity (Wildman–Crippen MR) is 75.7 cm³/mol. The molecule has 1 atom stereocenters. The van der Waals surface area contributed by atoms with Gasteiger partial charge in [-0.25, -0.2) is 0 Å². The fourth-order valence-corrected chi connectivity index (χ4v) is 1.15. The quantitative estimate of drug-likeness (QED) is 0.564. The number of nitrogens with one attached hydrogen (secondary N) is 1. The van der Waals surface area contributed by atoms with Gasteiger partial charge >= 0.3 is 0 Å². The minimum Gasteiger partial charge on any atom is -0.351 e. The van der Waals surface area contributed by atoms with E-state index in [1.54, 1.807) is 13.1 Å². The largest absolute Gasteiger partial charge is 0.351 e. The maximum Gasteiger partial charge on any atom is 0.223 e. The zero-order chi connectivity index (χ0) is 13.7. The first-order valence-corrected chi connectivity index (χ1v) is 6.40. The molecule has 0 fully saturated rings. The maximum absolute atomic E-state index is 11.5. The van der Waals surface area contributed by atoms with Crippen molar-refractivity contribution in [2.45, 2.75) is 54.4 Å². The molecule has 4 nitrogen and oxygen atoms in total. The topological polar surface area (TPSA) is 53.8 Å². The van der Waals surface area contributed by atoms with Gasteiger partial charge in [0.1, 0.15) is 0 Å². The van der Waals surface area contributed by atoms with Gasteiger partial charge in [0.2, 0.25) is 5.91 Å². The van der Waals surface area contributed by atoms with Crippen LogP contribution in [0.25, 0.3) is 0 Å². The number of amides is 1. The molecule has 0 bridgehead atoms. The molecular formula is C13H27N3O. The van der Waals surface area contributed by atoms with Crippen molar-refractivity contribution in [3.63, 3.8) is 0 Å². The first-order chi connectivity index (χ1) is 8.11. The molecule has 0 spiro atoms. The van der Waals surface area contributed by atoms with Crippen molar-refractivity contribution >= 4 is 17.8 Å². The summed E-state index contributed by atoms with van der Waals surface area (Å²) in [5.41, 5.74) is 0.810. The standard InChI is InChI=1S/C11H21N3O.C2H6/c1-5-7-9(3)11(15)12-8-10(4)14-13-6-2;1-2/h6,9H,5,7-8H2,1-4H3,(H,12,15);1-2H3/b13-6-,14-10+;. The van der Waals surface area contributed by atoms with Gasteiger partial charge in [-0.2, -0.15) is 10.2 Å². The molecule has 0 saturated heterocycles. The van der Waals surface area contributed by atoms with Gasteiger partial charge in [0, 0.05) is 12.1 Å². The third kappa shape index (κ3) is 11.1. The molecule has 1 N–H and O–H groups in total. The molecule has 1 unspecified atom stereocenters. The average Bonchev–Trinajstić information content (AvgIpc) is 2.36. The number of carbonyl (C=O) groups is 1. The molecule has 0 aromatic rings. The van der Waals surface area contributed by atoms with Crippen molar-refractivity contribution in [1.82, 2.24) is 5.32 Å². The third-order valence-electron chi connectivity index (χ3n) is 2.03. The Morgan fingerprint density at radius 2 is 2.00 bits per heavy atom. The van der Waals surface area contributed by atoms with Gasteiger partial charge in [-0.05, 0) is 20.3 Å². The van der Waals surface area contributed by atoms with Crippen LogP contribution in [0.5, 0.6) is 0 Å². The lowest BCUT2D eigenvalue weighted by Crippen LogP contribution is -2.32. The molecule has 0 aliphatic rings. The number of rotatable bonds is 6. The Kier molecular flexibility index (Phi) is 13.8. The number of hydrogen-bond donors (Lipinski definition) is 1. The van der Waals surface area contributed by atoms with E-state index in [1.165, 1.54) is 0 Å². The van der Waals surface area contributed by atoms with Crippen LogP contribution in [0.4, 0.5) is 0 Å². The van der Waals surface area contributed by atoms with Crippen LogP contribution in [0.15, 0.2) is 10.2 Å². The maximum atomic E-state index is 11.5. The monoisotopic (exact) mass is 241 g/mol. The zero-order valence-electron chi connectivity index (χ0n) is 12.1. The Bertz CT molecular complexity index is 247. The molecule has 0 aromatic heterocycles. The minimum absolute atomic E-state index is 0.0810. The van der Waals surface area contributed by atoms with E-state index in [4.69, 9.17) is 0 Å². The van der Waals surface area contributed by atoms with Crippen LogP contribution in [-0.4, -0.2) is 24.4 Å². The number of nitrogens with zero attached hydrogens (tertiary/aromatic N) is 2. The van der Waals surface area contributed by atoms with Crippen LogP contribution in [0.2, 0.25) is 0 Å². The smallest absolute Gasteiger partial charge is 0.223 e. The summed E-state index contributed by atoms with van der Waals surface area (Å²) in [4.78, 5) is 11.5. The van der Waals surface area contributed by atoms with E-state index in [2.05, 4.69) is 22.4 Å². The molecule has 0 rings (SSSR count). The van der Waals surface area contributed by atoms with Gasteiger partial charge in [-0.15, -0.1) is 0 Å². The fraction of sp³-hybridized carbons (Fsp3) is 0.769. The summed E-state index contributed by atoms with van der Waals surface area (Å²) in [6, 6.07) is 0. The number of hydrogen-bond acceptors (Lipinski definition) is 3. The normalized spacial score (nSPS) is 12.9. The van der Waals surface area contributed by atoms with E-state index < -0.39 is 0 Å². The molecule has 0 aliphatic heterocycles. The Labute approximate surface area is 106 Å². The van der Waals surface area contributed by atoms with Gasteiger partial charge in [-0.3, -0.25) is 4.79 Å². The van der Waals surface area contributed by atoms with E-state index in [9.17, 15) is 4.79 Å². The van der Waals surface area contributed by atoms with Crippen LogP contribution in [0, 0.1) is 5.92 Å². The summed E-state index contributed by atoms with van der Waals surface area (Å²) in [6.45, 7) is 12.1. The van der Waals surface area contributed by atoms with Crippen molar-refractivity contribution in [2.75, 3.05) is 6.54 Å². The summed E-state index contributed by atoms with van der Waals surface area (Å²) in [5, 5.41) is 10.5. The molecule has 1 amide bonds. The lowest BCUT2D eigenvalue weighted by molar-refractivity contribution is -0.124. The first kappa shape index (κ1) is 18.2. The van der Waals surface area contributed by atoms with Crippen LogP contribution < -0.4 is 5.32 Å². The Morgan fingerprint density at radius 3 is 2.47 bits per heavy atom. The van der Waals surface area contributed by atoms with Crippen molar-refractivity contribution in [3.8, 4) is 0 Å². The second kappa shape index (κ2) is 12.9. The molecule has 0 saturated carbocycles. The highest BCUT2D eigenvalue weighted by molar-refractivity contribution is 5.88. The molecular weight excluding hydrogens is 214 g/mol. The highest BCUT2D eigenvalue weighted by Crippen LogP contribution is 2.03. The number of carbonyl (C=O) groups excluding carboxylic acids is 1. The van der Waals surface area contributed by atoms with Crippen LogP contribution in [0.3, 0.4) is 0 Å². The van der Waals surface area contributed by atoms with Crippen LogP contribution >= 0.6 is 0 Å². The van der Waals surface area contributed by atoms with Gasteiger partial charge in [0.05, 0.1) is 12.3 Å². The third-order valence-corrected chi connectivity index (χ3v) is 2.03. The fourth-order valence-electron chi connectivity index (χ4n) is 1.15. The lowest BCUT2D eigenvalue weighted by atomic mass is 10.1. The van der Waals surface area contributed by atoms with Crippen LogP contribution in [0.1, 0.15) is 54.4 Å². The molecule has 0 aromatic carbocycles. The SMILES string of the molecule is C/C=N\N=C(/C)CNC(=O)C(C)CCC.CC. The zero-order valence-corrected chi connectivity index (χ0v) is 12.1. The molecule has 0 heterocycles. The van der Waals surface area contributed by atoms with Crippen molar-refractivity contribution < 1.29 is 4.79 Å². The second-order valence-electron chi connectivity index (χ2n) is 3.62. The summed E-state index contributed by atoms with van der Waals surface area (Å²) < 4.78 is 0. The lowest BCUT2D eigenvalue weighted by Gasteiger charge is -2.10. The highest BCUT2D eigenvalue weighted by Gasteiger charge is 2.10. The summed E-state index contributed by atoms with van der Waals surface area (Å²) in [5.74, 6) is 0.171. The van der Waals surface area contributed by atoms with E-state index in [-0.39, 0.29) is 11.8 Å². The summed E-state index contributed by atoms with van der Waals surface area (Å²) in [7, 11) is 0. The molecule has 0 radical (unpaired) electrons. The Hall–Kier alpha value is -1.19. The van der Waals surface area contributed by atoms with Crippen molar-refractivity contribution in [1.29, 1.82) is 0 Å². The summed E-state index contributed by atoms with van der Waals surface area (Å²) in [6.07, 6.45) is 3.57. The molecule has 4 heteroatoms. The van der Waals surface area contributed by atoms with Crippen molar-refractivity contribution in [2.24, 2.45) is 16.1 Å².